The van der Waals surface area contributed by atoms with E-state index in [1.54, 1.807) is 52.2 Å². The number of nitro groups is 1. The van der Waals surface area contributed by atoms with E-state index in [0.717, 1.165) is 6.07 Å². The minimum Gasteiger partial charge on any atom is -0.462 e. The van der Waals surface area contributed by atoms with E-state index in [2.05, 4.69) is 0 Å². The third-order valence-electron chi connectivity index (χ3n) is 6.24. The molecule has 0 spiro atoms. The molecule has 0 saturated carbocycles. The Morgan fingerprint density at radius 2 is 1.74 bits per heavy atom. The first-order valence-corrected chi connectivity index (χ1v) is 11.5. The van der Waals surface area contributed by atoms with E-state index in [1.165, 1.54) is 6.07 Å². The van der Waals surface area contributed by atoms with Crippen LogP contribution >= 0.6 is 0 Å². The number of nitrogens with zero attached hydrogens (tertiary/aromatic N) is 2. The first-order valence-electron chi connectivity index (χ1n) is 11.5. The van der Waals surface area contributed by atoms with Gasteiger partial charge in [-0.3, -0.25) is 14.9 Å². The van der Waals surface area contributed by atoms with Crippen LogP contribution in [0, 0.1) is 15.9 Å². The summed E-state index contributed by atoms with van der Waals surface area (Å²) >= 11 is 0. The van der Waals surface area contributed by atoms with Crippen molar-refractivity contribution in [2.45, 2.75) is 77.3 Å². The molecule has 2 aliphatic rings. The normalized spacial score (nSPS) is 23.6. The monoisotopic (exact) mass is 494 g/mol. The molecule has 0 bridgehead atoms. The number of hydrogen-bond acceptors (Lipinski definition) is 8. The standard InChI is InChI=1S/C24H31FN2O8/c1-22(2,21(28)31-11-16-13-33-24(5,6)35-16)20-8-14-7-19(27(29)30)17(25)9-18(14)26(20)10-15-12-32-23(3,4)34-15/h7-9,15-16H,10-13H2,1-6H3/t15-,16?/m1/s1. The zero-order chi connectivity index (χ0) is 25.8. The van der Waals surface area contributed by atoms with Crippen LogP contribution in [-0.2, 0) is 40.4 Å². The van der Waals surface area contributed by atoms with Crippen LogP contribution in [0.2, 0.25) is 0 Å². The lowest BCUT2D eigenvalue weighted by atomic mass is 9.89. The Bertz CT molecular complexity index is 1160. The minimum atomic E-state index is -1.17. The Balaban J connectivity index is 1.67. The van der Waals surface area contributed by atoms with Crippen molar-refractivity contribution in [1.82, 2.24) is 4.57 Å². The van der Waals surface area contributed by atoms with Gasteiger partial charge in [-0.05, 0) is 47.6 Å². The number of carbonyl (C=O) groups excluding carboxylic acids is 1. The number of aromatic nitrogens is 1. The van der Waals surface area contributed by atoms with Crippen molar-refractivity contribution >= 4 is 22.6 Å². The number of carbonyl (C=O) groups is 1. The molecule has 192 valence electrons. The summed E-state index contributed by atoms with van der Waals surface area (Å²) in [5, 5.41) is 11.7. The first kappa shape index (κ1) is 25.5. The van der Waals surface area contributed by atoms with Crippen molar-refractivity contribution in [2.24, 2.45) is 0 Å². The van der Waals surface area contributed by atoms with Crippen LogP contribution < -0.4 is 0 Å². The average Bonchev–Trinajstić information content (AvgIpc) is 3.40. The molecule has 0 aliphatic carbocycles. The van der Waals surface area contributed by atoms with E-state index in [4.69, 9.17) is 23.7 Å². The molecular formula is C24H31FN2O8. The van der Waals surface area contributed by atoms with Gasteiger partial charge in [0.1, 0.15) is 24.2 Å². The lowest BCUT2D eigenvalue weighted by Crippen LogP contribution is -2.36. The maximum Gasteiger partial charge on any atom is 0.317 e. The molecule has 0 radical (unpaired) electrons. The second-order valence-corrected chi connectivity index (χ2v) is 10.4. The van der Waals surface area contributed by atoms with Gasteiger partial charge in [0, 0.05) is 23.2 Å². The number of hydrogen-bond donors (Lipinski definition) is 0. The molecule has 2 fully saturated rings. The van der Waals surface area contributed by atoms with Crippen molar-refractivity contribution in [3.63, 3.8) is 0 Å². The van der Waals surface area contributed by atoms with Crippen LogP contribution in [0.5, 0.6) is 0 Å². The molecule has 1 aromatic carbocycles. The van der Waals surface area contributed by atoms with E-state index in [0.29, 0.717) is 29.8 Å². The second kappa shape index (κ2) is 8.81. The highest BCUT2D eigenvalue weighted by atomic mass is 19.1. The summed E-state index contributed by atoms with van der Waals surface area (Å²) in [7, 11) is 0. The van der Waals surface area contributed by atoms with Gasteiger partial charge in [0.25, 0.3) is 0 Å². The summed E-state index contributed by atoms with van der Waals surface area (Å²) in [4.78, 5) is 23.7. The Morgan fingerprint density at radius 3 is 2.29 bits per heavy atom. The van der Waals surface area contributed by atoms with E-state index in [1.807, 2.05) is 0 Å². The number of halogens is 1. The third kappa shape index (κ3) is 5.18. The predicted molar refractivity (Wildman–Crippen MR) is 122 cm³/mol. The maximum absolute atomic E-state index is 14.6. The Morgan fingerprint density at radius 1 is 1.14 bits per heavy atom. The van der Waals surface area contributed by atoms with Gasteiger partial charge in [-0.15, -0.1) is 0 Å². The SMILES string of the molecule is CC1(C)OCC(COC(=O)C(C)(C)c2cc3cc([N+](=O)[O-])c(F)cc3n2C[C@@H]2COC(C)(C)O2)O1. The van der Waals surface area contributed by atoms with Gasteiger partial charge in [-0.1, -0.05) is 0 Å². The molecule has 2 atom stereocenters. The van der Waals surface area contributed by atoms with Gasteiger partial charge in [0.2, 0.25) is 5.82 Å². The smallest absolute Gasteiger partial charge is 0.317 e. The Hall–Kier alpha value is -2.60. The number of rotatable bonds is 7. The van der Waals surface area contributed by atoms with E-state index >= 15 is 0 Å². The van der Waals surface area contributed by atoms with Crippen molar-refractivity contribution in [1.29, 1.82) is 0 Å². The maximum atomic E-state index is 14.6. The molecule has 2 aliphatic heterocycles. The number of ether oxygens (including phenoxy) is 5. The molecule has 4 rings (SSSR count). The zero-order valence-corrected chi connectivity index (χ0v) is 20.8. The summed E-state index contributed by atoms with van der Waals surface area (Å²) < 4.78 is 44.7. The summed E-state index contributed by atoms with van der Waals surface area (Å²) in [6.07, 6.45) is -0.755. The fourth-order valence-corrected chi connectivity index (χ4v) is 4.48. The van der Waals surface area contributed by atoms with Crippen LogP contribution in [0.1, 0.15) is 47.2 Å². The van der Waals surface area contributed by atoms with Crippen molar-refractivity contribution in [3.05, 3.63) is 39.8 Å². The van der Waals surface area contributed by atoms with Crippen LogP contribution in [0.15, 0.2) is 18.2 Å². The third-order valence-corrected chi connectivity index (χ3v) is 6.24. The highest BCUT2D eigenvalue weighted by Gasteiger charge is 2.40. The number of nitro benzene ring substituents is 1. The highest BCUT2D eigenvalue weighted by molar-refractivity contribution is 5.88. The largest absolute Gasteiger partial charge is 0.462 e. The first-order chi connectivity index (χ1) is 16.2. The molecule has 1 aromatic heterocycles. The fraction of sp³-hybridized carbons (Fsp3) is 0.625. The van der Waals surface area contributed by atoms with Crippen molar-refractivity contribution < 1.29 is 37.8 Å². The van der Waals surface area contributed by atoms with Gasteiger partial charge in [-0.2, -0.15) is 4.39 Å². The zero-order valence-electron chi connectivity index (χ0n) is 20.8. The van der Waals surface area contributed by atoms with E-state index in [9.17, 15) is 19.3 Å². The topological polar surface area (TPSA) is 111 Å². The van der Waals surface area contributed by atoms with Gasteiger partial charge in [-0.25, -0.2) is 0 Å². The molecule has 11 heteroatoms. The van der Waals surface area contributed by atoms with Gasteiger partial charge in [0.15, 0.2) is 11.6 Å². The Kier molecular flexibility index (Phi) is 6.41. The molecular weight excluding hydrogens is 463 g/mol. The predicted octanol–water partition coefficient (Wildman–Crippen LogP) is 3.81. The van der Waals surface area contributed by atoms with Crippen molar-refractivity contribution in [2.75, 3.05) is 19.8 Å². The van der Waals surface area contributed by atoms with Crippen LogP contribution in [0.25, 0.3) is 10.9 Å². The summed E-state index contributed by atoms with van der Waals surface area (Å²) in [5.41, 5.74) is -0.890. The molecule has 0 amide bonds. The molecule has 3 heterocycles. The molecule has 35 heavy (non-hydrogen) atoms. The molecule has 1 unspecified atom stereocenters. The molecule has 10 nitrogen and oxygen atoms in total. The highest BCUT2D eigenvalue weighted by Crippen LogP contribution is 2.36. The van der Waals surface area contributed by atoms with Crippen LogP contribution in [0.3, 0.4) is 0 Å². The van der Waals surface area contributed by atoms with Gasteiger partial charge in [0.05, 0.1) is 30.2 Å². The lowest BCUT2D eigenvalue weighted by Gasteiger charge is -2.27. The van der Waals surface area contributed by atoms with Crippen LogP contribution in [-0.4, -0.2) is 59.1 Å². The summed E-state index contributed by atoms with van der Waals surface area (Å²) in [6.45, 7) is 11.4. The molecule has 2 aromatic rings. The minimum absolute atomic E-state index is 0.0137. The van der Waals surface area contributed by atoms with Gasteiger partial charge >= 0.3 is 11.7 Å². The number of benzene rings is 1. The lowest BCUT2D eigenvalue weighted by molar-refractivity contribution is -0.387. The summed E-state index contributed by atoms with van der Waals surface area (Å²) in [6, 6.07) is 3.95. The van der Waals surface area contributed by atoms with Crippen molar-refractivity contribution in [3.8, 4) is 0 Å². The van der Waals surface area contributed by atoms with Crippen LogP contribution in [0.4, 0.5) is 10.1 Å². The second-order valence-electron chi connectivity index (χ2n) is 10.4. The summed E-state index contributed by atoms with van der Waals surface area (Å²) in [5.74, 6) is -2.99. The fourth-order valence-electron chi connectivity index (χ4n) is 4.48. The number of esters is 1. The quantitative estimate of drug-likeness (QED) is 0.325. The number of fused-ring (bicyclic) bond motifs is 1. The van der Waals surface area contributed by atoms with Gasteiger partial charge < -0.3 is 28.3 Å². The average molecular weight is 495 g/mol. The van der Waals surface area contributed by atoms with E-state index in [-0.39, 0.29) is 19.3 Å². The van der Waals surface area contributed by atoms with E-state index < -0.39 is 45.5 Å². The molecule has 0 N–H and O–H groups in total. The Labute approximate surface area is 202 Å². The molecule has 2 saturated heterocycles.